The Morgan fingerprint density at radius 2 is 1.94 bits per heavy atom. The number of rotatable bonds is 3. The van der Waals surface area contributed by atoms with Gasteiger partial charge in [0.1, 0.15) is 0 Å². The fraction of sp³-hybridized carbons (Fsp3) is 1.00. The smallest absolute Gasteiger partial charge is 0.0589 e. The van der Waals surface area contributed by atoms with Crippen LogP contribution >= 0.6 is 0 Å². The van der Waals surface area contributed by atoms with Gasteiger partial charge in [-0.25, -0.2) is 0 Å². The summed E-state index contributed by atoms with van der Waals surface area (Å²) in [4.78, 5) is 2.64. The van der Waals surface area contributed by atoms with Crippen LogP contribution in [0, 0.1) is 11.8 Å². The lowest BCUT2D eigenvalue weighted by Gasteiger charge is -2.41. The van der Waals surface area contributed by atoms with Crippen molar-refractivity contribution in [3.63, 3.8) is 0 Å². The van der Waals surface area contributed by atoms with E-state index in [9.17, 15) is 5.11 Å². The minimum atomic E-state index is 0.355. The average molecular weight is 225 g/mol. The highest BCUT2D eigenvalue weighted by molar-refractivity contribution is 4.92. The van der Waals surface area contributed by atoms with Crippen molar-refractivity contribution < 1.29 is 5.11 Å². The molecule has 0 bridgehead atoms. The lowest BCUT2D eigenvalue weighted by atomic mass is 9.81. The third kappa shape index (κ3) is 2.28. The fourth-order valence-electron chi connectivity index (χ4n) is 3.84. The highest BCUT2D eigenvalue weighted by Crippen LogP contribution is 2.36. The summed E-state index contributed by atoms with van der Waals surface area (Å²) in [6.07, 6.45) is 8.17. The maximum Gasteiger partial charge on any atom is 0.0589 e. The Bertz CT molecular complexity index is 217. The SMILES string of the molecule is CCC1CCCCC1N1CCC(C)C1CO. The molecule has 16 heavy (non-hydrogen) atoms. The molecule has 0 spiro atoms. The van der Waals surface area contributed by atoms with Crippen LogP contribution < -0.4 is 0 Å². The zero-order valence-electron chi connectivity index (χ0n) is 10.9. The summed E-state index contributed by atoms with van der Waals surface area (Å²) < 4.78 is 0. The number of aliphatic hydroxyl groups is 1. The van der Waals surface area contributed by atoms with Gasteiger partial charge in [-0.3, -0.25) is 4.90 Å². The maximum atomic E-state index is 9.55. The molecule has 0 aromatic heterocycles. The summed E-state index contributed by atoms with van der Waals surface area (Å²) in [6.45, 7) is 6.20. The molecule has 0 aromatic carbocycles. The van der Waals surface area contributed by atoms with Gasteiger partial charge in [-0.05, 0) is 37.6 Å². The van der Waals surface area contributed by atoms with Crippen molar-refractivity contribution >= 4 is 0 Å². The molecule has 2 aliphatic rings. The minimum absolute atomic E-state index is 0.355. The van der Waals surface area contributed by atoms with Crippen molar-refractivity contribution in [3.8, 4) is 0 Å². The van der Waals surface area contributed by atoms with E-state index in [1.807, 2.05) is 0 Å². The van der Waals surface area contributed by atoms with Gasteiger partial charge in [0.2, 0.25) is 0 Å². The molecule has 94 valence electrons. The lowest BCUT2D eigenvalue weighted by Crippen LogP contribution is -2.47. The summed E-state index contributed by atoms with van der Waals surface area (Å²) in [6, 6.07) is 1.21. The van der Waals surface area contributed by atoms with Gasteiger partial charge < -0.3 is 5.11 Å². The minimum Gasteiger partial charge on any atom is -0.395 e. The third-order valence-corrected chi connectivity index (χ3v) is 4.93. The van der Waals surface area contributed by atoms with Crippen molar-refractivity contribution in [3.05, 3.63) is 0 Å². The van der Waals surface area contributed by atoms with E-state index in [4.69, 9.17) is 0 Å². The zero-order chi connectivity index (χ0) is 11.5. The van der Waals surface area contributed by atoms with E-state index in [0.29, 0.717) is 18.6 Å². The van der Waals surface area contributed by atoms with Crippen LogP contribution in [0.15, 0.2) is 0 Å². The topological polar surface area (TPSA) is 23.5 Å². The first-order chi connectivity index (χ1) is 7.77. The normalized spacial score (nSPS) is 41.4. The molecule has 1 aliphatic heterocycles. The fourth-order valence-corrected chi connectivity index (χ4v) is 3.84. The molecule has 1 saturated carbocycles. The number of nitrogens with zero attached hydrogens (tertiary/aromatic N) is 1. The first-order valence-electron chi connectivity index (χ1n) is 7.14. The Balaban J connectivity index is 2.04. The van der Waals surface area contributed by atoms with Gasteiger partial charge in [0, 0.05) is 12.1 Å². The molecule has 0 aromatic rings. The average Bonchev–Trinajstić information content (AvgIpc) is 2.70. The van der Waals surface area contributed by atoms with Crippen LogP contribution in [0.1, 0.15) is 52.4 Å². The molecule has 0 radical (unpaired) electrons. The summed E-state index contributed by atoms with van der Waals surface area (Å²) in [5.41, 5.74) is 0. The predicted molar refractivity (Wildman–Crippen MR) is 67.4 cm³/mol. The van der Waals surface area contributed by atoms with E-state index < -0.39 is 0 Å². The molecule has 2 nitrogen and oxygen atoms in total. The van der Waals surface area contributed by atoms with Crippen LogP contribution in [0.5, 0.6) is 0 Å². The molecular formula is C14H27NO. The number of likely N-dealkylation sites (tertiary alicyclic amines) is 1. The Morgan fingerprint density at radius 1 is 1.19 bits per heavy atom. The molecular weight excluding hydrogens is 198 g/mol. The molecule has 1 N–H and O–H groups in total. The van der Waals surface area contributed by atoms with Gasteiger partial charge in [0.05, 0.1) is 6.61 Å². The van der Waals surface area contributed by atoms with Crippen molar-refractivity contribution in [2.24, 2.45) is 11.8 Å². The standard InChI is InChI=1S/C14H27NO/c1-3-12-6-4-5-7-13(12)15-9-8-11(2)14(15)10-16/h11-14,16H,3-10H2,1-2H3. The largest absolute Gasteiger partial charge is 0.395 e. The first kappa shape index (κ1) is 12.4. The molecule has 1 heterocycles. The van der Waals surface area contributed by atoms with E-state index in [0.717, 1.165) is 12.0 Å². The van der Waals surface area contributed by atoms with Crippen LogP contribution in [0.4, 0.5) is 0 Å². The van der Waals surface area contributed by atoms with Crippen LogP contribution in [-0.4, -0.2) is 35.2 Å². The summed E-state index contributed by atoms with van der Waals surface area (Å²) in [7, 11) is 0. The predicted octanol–water partition coefficient (Wildman–Crippen LogP) is 2.66. The quantitative estimate of drug-likeness (QED) is 0.798. The summed E-state index contributed by atoms with van der Waals surface area (Å²) in [5.74, 6) is 1.57. The van der Waals surface area contributed by atoms with Crippen molar-refractivity contribution in [1.29, 1.82) is 0 Å². The van der Waals surface area contributed by atoms with E-state index in [1.54, 1.807) is 0 Å². The Hall–Kier alpha value is -0.0800. The van der Waals surface area contributed by atoms with Gasteiger partial charge in [-0.2, -0.15) is 0 Å². The van der Waals surface area contributed by atoms with Gasteiger partial charge in [0.25, 0.3) is 0 Å². The van der Waals surface area contributed by atoms with Crippen LogP contribution in [0.25, 0.3) is 0 Å². The lowest BCUT2D eigenvalue weighted by molar-refractivity contribution is 0.0521. The second-order valence-corrected chi connectivity index (χ2v) is 5.77. The monoisotopic (exact) mass is 225 g/mol. The van der Waals surface area contributed by atoms with Crippen LogP contribution in [-0.2, 0) is 0 Å². The third-order valence-electron chi connectivity index (χ3n) is 4.93. The van der Waals surface area contributed by atoms with E-state index in [2.05, 4.69) is 18.7 Å². The number of hydrogen-bond acceptors (Lipinski definition) is 2. The first-order valence-corrected chi connectivity index (χ1v) is 7.14. The molecule has 1 aliphatic carbocycles. The van der Waals surface area contributed by atoms with Crippen LogP contribution in [0.3, 0.4) is 0 Å². The molecule has 2 rings (SSSR count). The Morgan fingerprint density at radius 3 is 2.62 bits per heavy atom. The number of aliphatic hydroxyl groups excluding tert-OH is 1. The summed E-state index contributed by atoms with van der Waals surface area (Å²) in [5, 5.41) is 9.55. The second kappa shape index (κ2) is 5.50. The molecule has 4 atom stereocenters. The Kier molecular flexibility index (Phi) is 4.26. The van der Waals surface area contributed by atoms with E-state index in [-0.39, 0.29) is 0 Å². The number of hydrogen-bond donors (Lipinski definition) is 1. The molecule has 2 fully saturated rings. The van der Waals surface area contributed by atoms with Gasteiger partial charge in [-0.15, -0.1) is 0 Å². The van der Waals surface area contributed by atoms with E-state index in [1.165, 1.54) is 45.1 Å². The maximum absolute atomic E-state index is 9.55. The highest BCUT2D eigenvalue weighted by atomic mass is 16.3. The van der Waals surface area contributed by atoms with Crippen molar-refractivity contribution in [1.82, 2.24) is 4.90 Å². The Labute approximate surface area is 100 Å². The van der Waals surface area contributed by atoms with Crippen molar-refractivity contribution in [2.45, 2.75) is 64.5 Å². The van der Waals surface area contributed by atoms with E-state index >= 15 is 0 Å². The van der Waals surface area contributed by atoms with Gasteiger partial charge in [-0.1, -0.05) is 33.1 Å². The highest BCUT2D eigenvalue weighted by Gasteiger charge is 2.38. The molecule has 1 saturated heterocycles. The van der Waals surface area contributed by atoms with Gasteiger partial charge >= 0.3 is 0 Å². The second-order valence-electron chi connectivity index (χ2n) is 5.77. The van der Waals surface area contributed by atoms with Gasteiger partial charge in [0.15, 0.2) is 0 Å². The molecule has 4 unspecified atom stereocenters. The molecule has 2 heteroatoms. The van der Waals surface area contributed by atoms with Crippen LogP contribution in [0.2, 0.25) is 0 Å². The van der Waals surface area contributed by atoms with Crippen molar-refractivity contribution in [2.75, 3.05) is 13.2 Å². The summed E-state index contributed by atoms with van der Waals surface area (Å²) >= 11 is 0. The zero-order valence-corrected chi connectivity index (χ0v) is 10.9. The molecule has 0 amide bonds.